The summed E-state index contributed by atoms with van der Waals surface area (Å²) in [6.45, 7) is -0.255. The molecule has 2 aromatic rings. The Morgan fingerprint density at radius 1 is 1.21 bits per heavy atom. The van der Waals surface area contributed by atoms with Gasteiger partial charge in [0.15, 0.2) is 6.20 Å². The van der Waals surface area contributed by atoms with E-state index < -0.39 is 24.3 Å². The summed E-state index contributed by atoms with van der Waals surface area (Å²) in [6, 6.07) is -1.07. The van der Waals surface area contributed by atoms with Crippen LogP contribution < -0.4 is 10.3 Å². The molecule has 4 atom stereocenters. The third kappa shape index (κ3) is 1.79. The van der Waals surface area contributed by atoms with Crippen LogP contribution in [0.4, 0.5) is 0 Å². The molecule has 0 amide bonds. The lowest BCUT2D eigenvalue weighted by Crippen LogP contribution is -2.35. The number of aliphatic hydroxyl groups is 3. The second-order valence-electron chi connectivity index (χ2n) is 4.79. The van der Waals surface area contributed by atoms with Crippen molar-refractivity contribution in [2.24, 2.45) is 0 Å². The molecule has 1 aliphatic rings. The van der Waals surface area contributed by atoms with Crippen molar-refractivity contribution < 1.29 is 25.4 Å². The maximum atomic E-state index is 10.0. The van der Waals surface area contributed by atoms with Gasteiger partial charge in [0.2, 0.25) is 11.9 Å². The van der Waals surface area contributed by atoms with Gasteiger partial charge in [0.05, 0.1) is 30.2 Å². The van der Waals surface area contributed by atoms with Crippen LogP contribution in [0.25, 0.3) is 10.9 Å². The first-order chi connectivity index (χ1) is 9.13. The first-order valence-electron chi connectivity index (χ1n) is 6.06. The number of aromatic nitrogens is 2. The summed E-state index contributed by atoms with van der Waals surface area (Å²) >= 11 is 0. The van der Waals surface area contributed by atoms with Gasteiger partial charge in [-0.15, -0.1) is 0 Å². The molecule has 2 aromatic heterocycles. The number of pyridine rings is 1. The largest absolute Gasteiger partial charge is 0.501 e. The lowest BCUT2D eigenvalue weighted by Gasteiger charge is -2.14. The van der Waals surface area contributed by atoms with Crippen molar-refractivity contribution in [2.45, 2.75) is 24.3 Å². The van der Waals surface area contributed by atoms with Crippen molar-refractivity contribution in [3.63, 3.8) is 0 Å². The van der Waals surface area contributed by atoms with Gasteiger partial charge in [-0.2, -0.15) is 0 Å². The van der Waals surface area contributed by atoms with Gasteiger partial charge in [-0.1, -0.05) is 0 Å². The van der Waals surface area contributed by atoms with E-state index in [4.69, 9.17) is 5.11 Å². The van der Waals surface area contributed by atoms with Crippen molar-refractivity contribution in [1.82, 2.24) is 10.3 Å². The number of nitrogens with one attached hydrogen (secondary N) is 3. The van der Waals surface area contributed by atoms with Crippen LogP contribution in [-0.4, -0.2) is 50.3 Å². The Hall–Kier alpha value is -1.67. The molecule has 102 valence electrons. The van der Waals surface area contributed by atoms with Gasteiger partial charge in [-0.05, 0) is 0 Å². The summed E-state index contributed by atoms with van der Waals surface area (Å²) in [5.41, 5.74) is 1.29. The molecule has 0 saturated carbocycles. The zero-order valence-corrected chi connectivity index (χ0v) is 10.0. The predicted molar refractivity (Wildman–Crippen MR) is 65.3 cm³/mol. The summed E-state index contributed by atoms with van der Waals surface area (Å²) < 4.78 is 0. The van der Waals surface area contributed by atoms with E-state index in [0.29, 0.717) is 5.52 Å². The normalized spacial score (nSPS) is 31.1. The van der Waals surface area contributed by atoms with Gasteiger partial charge in [-0.25, -0.2) is 4.98 Å². The lowest BCUT2D eigenvalue weighted by atomic mass is 10.0. The van der Waals surface area contributed by atoms with Gasteiger partial charge in [0.25, 0.3) is 0 Å². The summed E-state index contributed by atoms with van der Waals surface area (Å²) in [4.78, 5) is 5.75. The second-order valence-corrected chi connectivity index (χ2v) is 4.79. The van der Waals surface area contributed by atoms with Crippen LogP contribution in [0.15, 0.2) is 18.6 Å². The van der Waals surface area contributed by atoms with Crippen LogP contribution in [-0.2, 0) is 0 Å². The minimum absolute atomic E-state index is 0.0792. The second kappa shape index (κ2) is 4.46. The van der Waals surface area contributed by atoms with E-state index in [0.717, 1.165) is 10.9 Å². The van der Waals surface area contributed by atoms with Crippen molar-refractivity contribution >= 4 is 10.9 Å². The fraction of sp³-hybridized carbons (Fsp3) is 0.417. The summed E-state index contributed by atoms with van der Waals surface area (Å²) in [6.07, 6.45) is 2.78. The minimum atomic E-state index is -1.03. The van der Waals surface area contributed by atoms with Crippen LogP contribution in [0.3, 0.4) is 0 Å². The molecule has 19 heavy (non-hydrogen) atoms. The van der Waals surface area contributed by atoms with Crippen LogP contribution in [0.1, 0.15) is 11.6 Å². The summed E-state index contributed by atoms with van der Waals surface area (Å²) in [5.74, 6) is 0.0792. The fourth-order valence-electron chi connectivity index (χ4n) is 2.65. The van der Waals surface area contributed by atoms with Crippen LogP contribution in [0.2, 0.25) is 0 Å². The van der Waals surface area contributed by atoms with Gasteiger partial charge < -0.3 is 30.7 Å². The third-order valence-electron chi connectivity index (χ3n) is 3.69. The minimum Gasteiger partial charge on any atom is -0.501 e. The van der Waals surface area contributed by atoms with E-state index in [1.54, 1.807) is 12.4 Å². The lowest BCUT2D eigenvalue weighted by molar-refractivity contribution is -0.376. The van der Waals surface area contributed by atoms with Crippen molar-refractivity contribution in [3.05, 3.63) is 24.2 Å². The molecule has 1 aliphatic heterocycles. The Morgan fingerprint density at radius 2 is 2.00 bits per heavy atom. The Bertz CT molecular complexity index is 600. The molecule has 0 radical (unpaired) electrons. The third-order valence-corrected chi connectivity index (χ3v) is 3.69. The molecule has 4 unspecified atom stereocenters. The Balaban J connectivity index is 2.04. The average Bonchev–Trinajstić information content (AvgIpc) is 2.94. The Morgan fingerprint density at radius 3 is 2.68 bits per heavy atom. The number of aliphatic hydroxyl groups excluding tert-OH is 3. The van der Waals surface area contributed by atoms with Crippen molar-refractivity contribution in [3.8, 4) is 5.75 Å². The standard InChI is InChI=1S/C12H15N3O4/c16-4-7-11(18)12(19)10(15-7)6-2-14-9-5(6)1-13-3-8(9)17/h1-3,7,10-12,14-19H,4H2/p+1. The molecule has 0 bridgehead atoms. The monoisotopic (exact) mass is 266 g/mol. The Labute approximate surface area is 108 Å². The zero-order valence-electron chi connectivity index (χ0n) is 10.0. The molecular formula is C12H16N3O4+. The topological polar surface area (TPSA) is 123 Å². The maximum absolute atomic E-state index is 10.0. The molecule has 7 heteroatoms. The first kappa shape index (κ1) is 12.4. The smallest absolute Gasteiger partial charge is 0.211 e. The number of hydrogen-bond acceptors (Lipinski definition) is 5. The summed E-state index contributed by atoms with van der Waals surface area (Å²) in [5, 5.41) is 42.4. The number of H-pyrrole nitrogens is 2. The number of hydrogen-bond donors (Lipinski definition) is 6. The van der Waals surface area contributed by atoms with Crippen molar-refractivity contribution in [2.75, 3.05) is 6.61 Å². The highest BCUT2D eigenvalue weighted by Gasteiger charge is 2.42. The number of fused-ring (bicyclic) bond motifs is 1. The van der Waals surface area contributed by atoms with Gasteiger partial charge in [-0.3, -0.25) is 0 Å². The highest BCUT2D eigenvalue weighted by molar-refractivity contribution is 5.86. The predicted octanol–water partition coefficient (Wildman–Crippen LogP) is -1.59. The maximum Gasteiger partial charge on any atom is 0.211 e. The fourth-order valence-corrected chi connectivity index (χ4v) is 2.65. The molecule has 7 nitrogen and oxygen atoms in total. The van der Waals surface area contributed by atoms with Crippen molar-refractivity contribution in [1.29, 1.82) is 0 Å². The van der Waals surface area contributed by atoms with Gasteiger partial charge in [0, 0.05) is 11.8 Å². The SMILES string of the molecule is OCC1NC(c2c[nH]c3c(O)c[nH+]cc23)C(O)C1O. The number of aromatic hydroxyl groups is 1. The molecule has 7 N–H and O–H groups in total. The molecule has 3 heterocycles. The highest BCUT2D eigenvalue weighted by atomic mass is 16.3. The number of rotatable bonds is 2. The molecular weight excluding hydrogens is 250 g/mol. The van der Waals surface area contributed by atoms with E-state index in [9.17, 15) is 15.3 Å². The number of aromatic amines is 2. The highest BCUT2D eigenvalue weighted by Crippen LogP contribution is 2.33. The van der Waals surface area contributed by atoms with Gasteiger partial charge >= 0.3 is 0 Å². The van der Waals surface area contributed by atoms with Crippen LogP contribution in [0, 0.1) is 0 Å². The van der Waals surface area contributed by atoms with Crippen LogP contribution >= 0.6 is 0 Å². The van der Waals surface area contributed by atoms with Gasteiger partial charge in [0.1, 0.15) is 11.6 Å². The Kier molecular flexibility index (Phi) is 2.90. The first-order valence-corrected chi connectivity index (χ1v) is 6.06. The van der Waals surface area contributed by atoms with E-state index in [-0.39, 0.29) is 12.4 Å². The molecule has 0 spiro atoms. The zero-order chi connectivity index (χ0) is 13.6. The quantitative estimate of drug-likeness (QED) is 0.391. The molecule has 1 fully saturated rings. The van der Waals surface area contributed by atoms with Crippen LogP contribution in [0.5, 0.6) is 5.75 Å². The van der Waals surface area contributed by atoms with E-state index in [1.807, 2.05) is 0 Å². The van der Waals surface area contributed by atoms with E-state index in [2.05, 4.69) is 15.3 Å². The van der Waals surface area contributed by atoms with E-state index in [1.165, 1.54) is 6.20 Å². The molecule has 0 aliphatic carbocycles. The molecule has 0 aromatic carbocycles. The van der Waals surface area contributed by atoms with E-state index >= 15 is 0 Å². The average molecular weight is 266 g/mol. The molecule has 3 rings (SSSR count). The summed E-state index contributed by atoms with van der Waals surface area (Å²) in [7, 11) is 0. The molecule has 1 saturated heterocycles.